The van der Waals surface area contributed by atoms with Crippen molar-refractivity contribution < 1.29 is 30.3 Å². The van der Waals surface area contributed by atoms with E-state index in [0.717, 1.165) is 6.21 Å². The molecule has 0 unspecified atom stereocenters. The normalized spacial score (nSPS) is 17.2. The average molecular weight is 299 g/mol. The molecule has 0 aromatic carbocycles. The largest absolute Gasteiger partial charge is 0.394 e. The molecule has 9 nitrogen and oxygen atoms in total. The highest BCUT2D eigenvalue weighted by Crippen LogP contribution is 2.03. The van der Waals surface area contributed by atoms with Gasteiger partial charge >= 0.3 is 0 Å². The highest BCUT2D eigenvalue weighted by molar-refractivity contribution is 5.94. The predicted octanol–water partition coefficient (Wildman–Crippen LogP) is -2.77. The van der Waals surface area contributed by atoms with Gasteiger partial charge < -0.3 is 25.5 Å². The number of pyridine rings is 1. The highest BCUT2D eigenvalue weighted by atomic mass is 16.4. The Kier molecular flexibility index (Phi) is 6.85. The molecule has 0 aliphatic heterocycles. The van der Waals surface area contributed by atoms with E-state index >= 15 is 0 Å². The molecular weight excluding hydrogens is 282 g/mol. The first-order valence-corrected chi connectivity index (χ1v) is 6.04. The molecule has 1 rings (SSSR count). The Hall–Kier alpha value is -1.91. The molecule has 1 heterocycles. The van der Waals surface area contributed by atoms with Crippen LogP contribution >= 0.6 is 0 Å². The van der Waals surface area contributed by atoms with Crippen LogP contribution in [0.4, 0.5) is 0 Å². The molecule has 1 amide bonds. The summed E-state index contributed by atoms with van der Waals surface area (Å²) < 4.78 is 0. The number of rotatable bonds is 7. The average Bonchev–Trinajstić information content (AvgIpc) is 2.53. The number of carbonyl (C=O) groups excluding carboxylic acids is 1. The molecule has 4 atom stereocenters. The highest BCUT2D eigenvalue weighted by Gasteiger charge is 2.29. The molecule has 9 heteroatoms. The van der Waals surface area contributed by atoms with Crippen LogP contribution < -0.4 is 5.43 Å². The van der Waals surface area contributed by atoms with Crippen molar-refractivity contribution in [1.29, 1.82) is 0 Å². The van der Waals surface area contributed by atoms with E-state index in [4.69, 9.17) is 10.2 Å². The Bertz CT molecular complexity index is 469. The number of aliphatic hydroxyl groups is 5. The minimum Gasteiger partial charge on any atom is -0.394 e. The van der Waals surface area contributed by atoms with Gasteiger partial charge in [0.2, 0.25) is 0 Å². The Labute approximate surface area is 120 Å². The van der Waals surface area contributed by atoms with E-state index in [1.165, 1.54) is 24.5 Å². The number of carbonyl (C=O) groups is 1. The summed E-state index contributed by atoms with van der Waals surface area (Å²) in [5.41, 5.74) is 2.40. The second kappa shape index (κ2) is 8.39. The van der Waals surface area contributed by atoms with Gasteiger partial charge in [-0.15, -0.1) is 0 Å². The molecule has 1 aromatic rings. The van der Waals surface area contributed by atoms with E-state index in [0.29, 0.717) is 5.56 Å². The van der Waals surface area contributed by atoms with E-state index in [1.54, 1.807) is 0 Å². The predicted molar refractivity (Wildman–Crippen MR) is 71.3 cm³/mol. The summed E-state index contributed by atoms with van der Waals surface area (Å²) in [7, 11) is 0. The Balaban J connectivity index is 2.51. The molecule has 0 saturated heterocycles. The van der Waals surface area contributed by atoms with E-state index < -0.39 is 36.9 Å². The summed E-state index contributed by atoms with van der Waals surface area (Å²) in [4.78, 5) is 15.3. The number of hydrogen-bond donors (Lipinski definition) is 6. The van der Waals surface area contributed by atoms with Crippen LogP contribution in [0.3, 0.4) is 0 Å². The van der Waals surface area contributed by atoms with Gasteiger partial charge in [0.05, 0.1) is 12.8 Å². The number of hydrazone groups is 1. The maximum absolute atomic E-state index is 11.6. The summed E-state index contributed by atoms with van der Waals surface area (Å²) >= 11 is 0. The van der Waals surface area contributed by atoms with E-state index in [9.17, 15) is 20.1 Å². The number of nitrogens with zero attached hydrogens (tertiary/aromatic N) is 2. The van der Waals surface area contributed by atoms with E-state index in [1.807, 2.05) is 0 Å². The minimum absolute atomic E-state index is 0.299. The molecule has 0 saturated carbocycles. The van der Waals surface area contributed by atoms with Crippen LogP contribution in [0.1, 0.15) is 10.4 Å². The third kappa shape index (κ3) is 5.17. The smallest absolute Gasteiger partial charge is 0.271 e. The van der Waals surface area contributed by atoms with Crippen molar-refractivity contribution in [1.82, 2.24) is 10.4 Å². The van der Waals surface area contributed by atoms with Crippen molar-refractivity contribution in [3.8, 4) is 0 Å². The Morgan fingerprint density at radius 1 is 1.24 bits per heavy atom. The SMILES string of the molecule is O=C(N/N=C/[C@@H](O)[C@H](O)[C@@H](O)[C@@H](O)CO)c1ccncc1. The first-order chi connectivity index (χ1) is 9.97. The standard InChI is InChI=1S/C12H17N3O6/c16-6-9(18)11(20)10(19)8(17)5-14-15-12(21)7-1-3-13-4-2-7/h1-5,8-11,16-20H,6H2,(H,15,21)/b14-5+/t8-,9+,10+,11+/m1/s1. The number of aromatic nitrogens is 1. The molecule has 0 radical (unpaired) electrons. The van der Waals surface area contributed by atoms with Gasteiger partial charge in [0, 0.05) is 18.0 Å². The van der Waals surface area contributed by atoms with E-state index in [-0.39, 0.29) is 0 Å². The van der Waals surface area contributed by atoms with Crippen LogP contribution in [-0.2, 0) is 0 Å². The second-order valence-corrected chi connectivity index (χ2v) is 4.18. The van der Waals surface area contributed by atoms with Gasteiger partial charge in [0.25, 0.3) is 5.91 Å². The van der Waals surface area contributed by atoms with Crippen molar-refractivity contribution >= 4 is 12.1 Å². The lowest BCUT2D eigenvalue weighted by atomic mass is 10.0. The van der Waals surface area contributed by atoms with Gasteiger partial charge in [-0.05, 0) is 12.1 Å². The van der Waals surface area contributed by atoms with E-state index in [2.05, 4.69) is 15.5 Å². The lowest BCUT2D eigenvalue weighted by Crippen LogP contribution is -2.46. The Morgan fingerprint density at radius 3 is 2.43 bits per heavy atom. The molecule has 1 aromatic heterocycles. The Morgan fingerprint density at radius 2 is 1.86 bits per heavy atom. The fourth-order valence-electron chi connectivity index (χ4n) is 1.37. The van der Waals surface area contributed by atoms with Crippen LogP contribution in [0.2, 0.25) is 0 Å². The molecule has 0 bridgehead atoms. The lowest BCUT2D eigenvalue weighted by molar-refractivity contribution is -0.0999. The van der Waals surface area contributed by atoms with Crippen molar-refractivity contribution in [2.45, 2.75) is 24.4 Å². The summed E-state index contributed by atoms with van der Waals surface area (Å²) in [6.45, 7) is -0.777. The number of nitrogens with one attached hydrogen (secondary N) is 1. The summed E-state index contributed by atoms with van der Waals surface area (Å²) in [5, 5.41) is 49.5. The number of amides is 1. The zero-order valence-corrected chi connectivity index (χ0v) is 10.9. The van der Waals surface area contributed by atoms with Gasteiger partial charge in [0.1, 0.15) is 24.4 Å². The van der Waals surface area contributed by atoms with Gasteiger partial charge in [-0.2, -0.15) is 5.10 Å². The molecular formula is C12H17N3O6. The number of aliphatic hydroxyl groups excluding tert-OH is 5. The van der Waals surface area contributed by atoms with Gasteiger partial charge in [-0.3, -0.25) is 9.78 Å². The molecule has 116 valence electrons. The van der Waals surface area contributed by atoms with Crippen molar-refractivity contribution in [3.05, 3.63) is 30.1 Å². The third-order valence-electron chi connectivity index (χ3n) is 2.62. The lowest BCUT2D eigenvalue weighted by Gasteiger charge is -2.23. The van der Waals surface area contributed by atoms with Crippen molar-refractivity contribution in [2.75, 3.05) is 6.61 Å². The van der Waals surface area contributed by atoms with Gasteiger partial charge in [-0.25, -0.2) is 5.43 Å². The van der Waals surface area contributed by atoms with Crippen LogP contribution in [0.25, 0.3) is 0 Å². The van der Waals surface area contributed by atoms with Crippen LogP contribution in [0.5, 0.6) is 0 Å². The zero-order valence-electron chi connectivity index (χ0n) is 10.9. The molecule has 0 aliphatic rings. The quantitative estimate of drug-likeness (QED) is 0.235. The number of hydrogen-bond acceptors (Lipinski definition) is 8. The van der Waals surface area contributed by atoms with Crippen LogP contribution in [-0.4, -0.2) is 73.7 Å². The minimum atomic E-state index is -1.77. The maximum atomic E-state index is 11.6. The molecule has 0 aliphatic carbocycles. The topological polar surface area (TPSA) is 156 Å². The summed E-state index contributed by atoms with van der Waals surface area (Å²) in [6, 6.07) is 2.91. The van der Waals surface area contributed by atoms with Crippen molar-refractivity contribution in [3.63, 3.8) is 0 Å². The first kappa shape index (κ1) is 17.1. The third-order valence-corrected chi connectivity index (χ3v) is 2.62. The summed E-state index contributed by atoms with van der Waals surface area (Å²) in [5.74, 6) is -0.550. The molecule has 0 fully saturated rings. The van der Waals surface area contributed by atoms with Crippen LogP contribution in [0, 0.1) is 0 Å². The zero-order chi connectivity index (χ0) is 15.8. The summed E-state index contributed by atoms with van der Waals surface area (Å²) in [6.07, 6.45) is -3.14. The molecule has 0 spiro atoms. The van der Waals surface area contributed by atoms with Crippen LogP contribution in [0.15, 0.2) is 29.6 Å². The van der Waals surface area contributed by atoms with Gasteiger partial charge in [0.15, 0.2) is 0 Å². The van der Waals surface area contributed by atoms with Crippen molar-refractivity contribution in [2.24, 2.45) is 5.10 Å². The second-order valence-electron chi connectivity index (χ2n) is 4.18. The van der Waals surface area contributed by atoms with Gasteiger partial charge in [-0.1, -0.05) is 0 Å². The molecule has 21 heavy (non-hydrogen) atoms. The maximum Gasteiger partial charge on any atom is 0.271 e. The fraction of sp³-hybridized carbons (Fsp3) is 0.417. The first-order valence-electron chi connectivity index (χ1n) is 6.04. The monoisotopic (exact) mass is 299 g/mol. The fourth-order valence-corrected chi connectivity index (χ4v) is 1.37. The molecule has 6 N–H and O–H groups in total.